The minimum atomic E-state index is -4.99. The first-order valence-electron chi connectivity index (χ1n) is 7.51. The Kier molecular flexibility index (Phi) is 5.11. The van der Waals surface area contributed by atoms with E-state index in [1.165, 1.54) is 12.1 Å². The van der Waals surface area contributed by atoms with Crippen LogP contribution in [0.1, 0.15) is 11.1 Å². The van der Waals surface area contributed by atoms with Crippen molar-refractivity contribution in [3.8, 4) is 11.4 Å². The number of hydrogen-bond donors (Lipinski definition) is 1. The smallest absolute Gasteiger partial charge is 0.358 e. The van der Waals surface area contributed by atoms with Crippen molar-refractivity contribution in [3.05, 3.63) is 78.4 Å². The largest absolute Gasteiger partial charge is 0.488 e. The molecule has 130 valence electrons. The van der Waals surface area contributed by atoms with E-state index in [0.29, 0.717) is 13.1 Å². The van der Waals surface area contributed by atoms with Crippen LogP contribution in [0.4, 0.5) is 3.89 Å². The molecule has 0 aliphatic rings. The first kappa shape index (κ1) is 17.1. The highest BCUT2D eigenvalue weighted by molar-refractivity contribution is 7.81. The third-order valence-corrected chi connectivity index (χ3v) is 3.93. The van der Waals surface area contributed by atoms with Gasteiger partial charge >= 0.3 is 10.5 Å². The van der Waals surface area contributed by atoms with Gasteiger partial charge in [0.2, 0.25) is 0 Å². The molecule has 3 aromatic rings. The first-order chi connectivity index (χ1) is 12.0. The van der Waals surface area contributed by atoms with Crippen molar-refractivity contribution in [2.75, 3.05) is 0 Å². The molecule has 0 spiro atoms. The molecule has 0 saturated carbocycles. The standard InChI is InChI=1S/C17H16FN3O3S/c18-25(22,23)24-16-7-5-14(6-8-16)11-20-12-15-3-1-2-4-17(15)21-10-9-19-13-21/h1-10,13,20H,11-12H2. The molecule has 0 radical (unpaired) electrons. The summed E-state index contributed by atoms with van der Waals surface area (Å²) in [5.74, 6) is -0.0586. The van der Waals surface area contributed by atoms with Crippen molar-refractivity contribution in [2.45, 2.75) is 13.1 Å². The predicted octanol–water partition coefficient (Wildman–Crippen LogP) is 2.76. The van der Waals surface area contributed by atoms with Crippen LogP contribution in [0.3, 0.4) is 0 Å². The summed E-state index contributed by atoms with van der Waals surface area (Å²) < 4.78 is 39.4. The van der Waals surface area contributed by atoms with E-state index in [2.05, 4.69) is 14.5 Å². The summed E-state index contributed by atoms with van der Waals surface area (Å²) >= 11 is 0. The third kappa shape index (κ3) is 4.88. The van der Waals surface area contributed by atoms with E-state index in [1.807, 2.05) is 35.0 Å². The molecular weight excluding hydrogens is 345 g/mol. The van der Waals surface area contributed by atoms with Crippen LogP contribution in [0.25, 0.3) is 5.69 Å². The normalized spacial score (nSPS) is 11.4. The van der Waals surface area contributed by atoms with Crippen molar-refractivity contribution in [3.63, 3.8) is 0 Å². The van der Waals surface area contributed by atoms with Crippen molar-refractivity contribution in [2.24, 2.45) is 0 Å². The summed E-state index contributed by atoms with van der Waals surface area (Å²) in [6.07, 6.45) is 5.36. The van der Waals surface area contributed by atoms with Gasteiger partial charge in [-0.05, 0) is 29.3 Å². The minimum Gasteiger partial charge on any atom is -0.358 e. The second-order valence-electron chi connectivity index (χ2n) is 5.32. The molecule has 0 fully saturated rings. The lowest BCUT2D eigenvalue weighted by molar-refractivity contribution is 0.440. The zero-order valence-electron chi connectivity index (χ0n) is 13.2. The fourth-order valence-electron chi connectivity index (χ4n) is 2.43. The fraction of sp³-hybridized carbons (Fsp3) is 0.118. The molecule has 1 aromatic heterocycles. The van der Waals surface area contributed by atoms with Gasteiger partial charge in [-0.1, -0.05) is 34.2 Å². The lowest BCUT2D eigenvalue weighted by atomic mass is 10.1. The second kappa shape index (κ2) is 7.45. The lowest BCUT2D eigenvalue weighted by Crippen LogP contribution is -2.14. The van der Waals surface area contributed by atoms with Crippen molar-refractivity contribution < 1.29 is 16.5 Å². The van der Waals surface area contributed by atoms with Crippen LogP contribution in [-0.2, 0) is 23.6 Å². The highest BCUT2D eigenvalue weighted by Crippen LogP contribution is 2.16. The fourth-order valence-corrected chi connectivity index (χ4v) is 2.77. The Morgan fingerprint density at radius 3 is 2.52 bits per heavy atom. The number of halogens is 1. The Balaban J connectivity index is 1.60. The highest BCUT2D eigenvalue weighted by Gasteiger charge is 2.09. The Morgan fingerprint density at radius 2 is 1.84 bits per heavy atom. The van der Waals surface area contributed by atoms with E-state index in [-0.39, 0.29) is 5.75 Å². The van der Waals surface area contributed by atoms with Crippen LogP contribution < -0.4 is 9.50 Å². The van der Waals surface area contributed by atoms with Gasteiger partial charge in [0, 0.05) is 25.5 Å². The molecule has 0 saturated heterocycles. The van der Waals surface area contributed by atoms with Crippen molar-refractivity contribution >= 4 is 10.5 Å². The first-order valence-corrected chi connectivity index (χ1v) is 8.82. The molecule has 0 bridgehead atoms. The van der Waals surface area contributed by atoms with Gasteiger partial charge < -0.3 is 14.1 Å². The topological polar surface area (TPSA) is 73.2 Å². The maximum Gasteiger partial charge on any atom is 0.488 e. The van der Waals surface area contributed by atoms with E-state index in [4.69, 9.17) is 0 Å². The van der Waals surface area contributed by atoms with E-state index in [0.717, 1.165) is 16.8 Å². The molecule has 1 N–H and O–H groups in total. The monoisotopic (exact) mass is 361 g/mol. The summed E-state index contributed by atoms with van der Waals surface area (Å²) in [6, 6.07) is 14.2. The maximum absolute atomic E-state index is 12.5. The lowest BCUT2D eigenvalue weighted by Gasteiger charge is -2.11. The van der Waals surface area contributed by atoms with Crippen LogP contribution in [0.2, 0.25) is 0 Å². The molecule has 0 amide bonds. The highest BCUT2D eigenvalue weighted by atomic mass is 32.3. The molecule has 6 nitrogen and oxygen atoms in total. The van der Waals surface area contributed by atoms with E-state index in [9.17, 15) is 12.3 Å². The van der Waals surface area contributed by atoms with Gasteiger partial charge in [0.15, 0.2) is 0 Å². The number of rotatable bonds is 7. The predicted molar refractivity (Wildman–Crippen MR) is 91.2 cm³/mol. The molecule has 8 heteroatoms. The number of hydrogen-bond acceptors (Lipinski definition) is 5. The van der Waals surface area contributed by atoms with Crippen molar-refractivity contribution in [1.29, 1.82) is 0 Å². The zero-order chi connectivity index (χ0) is 17.7. The van der Waals surface area contributed by atoms with Gasteiger partial charge in [0.1, 0.15) is 5.75 Å². The van der Waals surface area contributed by atoms with E-state index < -0.39 is 10.5 Å². The van der Waals surface area contributed by atoms with Crippen LogP contribution in [0.15, 0.2) is 67.3 Å². The van der Waals surface area contributed by atoms with Gasteiger partial charge in [0.25, 0.3) is 0 Å². The average Bonchev–Trinajstić information content (AvgIpc) is 3.10. The number of aromatic nitrogens is 2. The molecule has 0 aliphatic heterocycles. The van der Waals surface area contributed by atoms with Gasteiger partial charge in [-0.25, -0.2) is 4.98 Å². The van der Waals surface area contributed by atoms with Crippen molar-refractivity contribution in [1.82, 2.24) is 14.9 Å². The van der Waals surface area contributed by atoms with Crippen LogP contribution in [-0.4, -0.2) is 18.0 Å². The van der Waals surface area contributed by atoms with Gasteiger partial charge in [-0.2, -0.15) is 8.42 Å². The summed E-state index contributed by atoms with van der Waals surface area (Å²) in [5, 5.41) is 3.32. The summed E-state index contributed by atoms with van der Waals surface area (Å²) in [7, 11) is -4.99. The number of benzene rings is 2. The number of nitrogens with zero attached hydrogens (tertiary/aromatic N) is 2. The number of nitrogens with one attached hydrogen (secondary N) is 1. The summed E-state index contributed by atoms with van der Waals surface area (Å²) in [5.41, 5.74) is 3.08. The molecular formula is C17H16FN3O3S. The Hall–Kier alpha value is -2.71. The Labute approximate surface area is 145 Å². The molecule has 1 heterocycles. The average molecular weight is 361 g/mol. The van der Waals surface area contributed by atoms with E-state index in [1.54, 1.807) is 24.7 Å². The number of para-hydroxylation sites is 1. The Bertz CT molecular complexity index is 926. The third-order valence-electron chi connectivity index (χ3n) is 3.54. The maximum atomic E-state index is 12.5. The molecule has 0 aliphatic carbocycles. The molecule has 0 unspecified atom stereocenters. The van der Waals surface area contributed by atoms with E-state index >= 15 is 0 Å². The SMILES string of the molecule is O=S(=O)(F)Oc1ccc(CNCc2ccccc2-n2ccnc2)cc1. The molecule has 25 heavy (non-hydrogen) atoms. The molecule has 0 atom stereocenters. The van der Waals surface area contributed by atoms with Gasteiger partial charge in [-0.15, -0.1) is 0 Å². The molecule has 2 aromatic carbocycles. The van der Waals surface area contributed by atoms with Gasteiger partial charge in [0.05, 0.1) is 12.0 Å². The zero-order valence-corrected chi connectivity index (χ0v) is 14.0. The van der Waals surface area contributed by atoms with Crippen LogP contribution in [0.5, 0.6) is 5.75 Å². The minimum absolute atomic E-state index is 0.0586. The number of imidazole rings is 1. The Morgan fingerprint density at radius 1 is 1.08 bits per heavy atom. The summed E-state index contributed by atoms with van der Waals surface area (Å²) in [4.78, 5) is 4.06. The quantitative estimate of drug-likeness (QED) is 0.655. The second-order valence-corrected chi connectivity index (χ2v) is 6.28. The molecule has 3 rings (SSSR count). The van der Waals surface area contributed by atoms with Gasteiger partial charge in [-0.3, -0.25) is 0 Å². The van der Waals surface area contributed by atoms with Crippen LogP contribution >= 0.6 is 0 Å². The van der Waals surface area contributed by atoms with Crippen LogP contribution in [0, 0.1) is 0 Å². The summed E-state index contributed by atoms with van der Waals surface area (Å²) in [6.45, 7) is 1.21.